The van der Waals surface area contributed by atoms with Crippen LogP contribution >= 0.6 is 22.9 Å². The molecule has 2 rings (SSSR count). The van der Waals surface area contributed by atoms with Crippen LogP contribution in [0.25, 0.3) is 11.3 Å². The number of aromatic nitrogens is 1. The summed E-state index contributed by atoms with van der Waals surface area (Å²) in [5, 5.41) is 23.0. The van der Waals surface area contributed by atoms with Crippen LogP contribution in [0.1, 0.15) is 0 Å². The van der Waals surface area contributed by atoms with Gasteiger partial charge < -0.3 is 10.1 Å². The van der Waals surface area contributed by atoms with E-state index in [9.17, 15) is 0 Å². The van der Waals surface area contributed by atoms with Crippen LogP contribution in [0.5, 0.6) is 5.75 Å². The molecular formula is C14H9ClN4OS. The molecule has 7 heteroatoms. The van der Waals surface area contributed by atoms with Crippen molar-refractivity contribution in [1.82, 2.24) is 4.98 Å². The Morgan fingerprint density at radius 2 is 2.19 bits per heavy atom. The minimum absolute atomic E-state index is 0.0146. The van der Waals surface area contributed by atoms with Gasteiger partial charge in [0.05, 0.1) is 17.8 Å². The van der Waals surface area contributed by atoms with Crippen LogP contribution in [0.4, 0.5) is 5.13 Å². The van der Waals surface area contributed by atoms with Gasteiger partial charge in [-0.3, -0.25) is 0 Å². The number of thiazole rings is 1. The molecule has 0 spiro atoms. The maximum Gasteiger partial charge on any atom is 0.187 e. The largest absolute Gasteiger partial charge is 0.495 e. The maximum atomic E-state index is 8.64. The third-order valence-electron chi connectivity index (χ3n) is 2.53. The highest BCUT2D eigenvalue weighted by atomic mass is 35.5. The van der Waals surface area contributed by atoms with Gasteiger partial charge in [0, 0.05) is 17.1 Å². The molecule has 0 fully saturated rings. The van der Waals surface area contributed by atoms with Crippen LogP contribution in [0.3, 0.4) is 0 Å². The molecule has 1 N–H and O–H groups in total. The van der Waals surface area contributed by atoms with Gasteiger partial charge in [0.1, 0.15) is 23.5 Å². The Morgan fingerprint density at radius 1 is 1.43 bits per heavy atom. The smallest absolute Gasteiger partial charge is 0.187 e. The Bertz CT molecular complexity index is 754. The summed E-state index contributed by atoms with van der Waals surface area (Å²) in [5.74, 6) is 0.601. The third-order valence-corrected chi connectivity index (χ3v) is 3.60. The Morgan fingerprint density at radius 3 is 2.81 bits per heavy atom. The Balaban J connectivity index is 2.21. The minimum Gasteiger partial charge on any atom is -0.495 e. The molecule has 0 aliphatic carbocycles. The third kappa shape index (κ3) is 3.51. The van der Waals surface area contributed by atoms with Crippen molar-refractivity contribution in [3.05, 3.63) is 40.4 Å². The van der Waals surface area contributed by atoms with E-state index < -0.39 is 0 Å². The molecule has 104 valence electrons. The van der Waals surface area contributed by atoms with Crippen molar-refractivity contribution in [2.45, 2.75) is 0 Å². The average molecular weight is 317 g/mol. The molecule has 0 saturated carbocycles. The molecule has 1 aromatic heterocycles. The summed E-state index contributed by atoms with van der Waals surface area (Å²) in [6, 6.07) is 8.92. The lowest BCUT2D eigenvalue weighted by molar-refractivity contribution is 0.415. The molecule has 1 aromatic carbocycles. The fourth-order valence-corrected chi connectivity index (χ4v) is 2.47. The molecule has 0 amide bonds. The molecular weight excluding hydrogens is 308 g/mol. The van der Waals surface area contributed by atoms with E-state index in [1.165, 1.54) is 17.5 Å². The zero-order valence-corrected chi connectivity index (χ0v) is 12.5. The highest BCUT2D eigenvalue weighted by Gasteiger charge is 2.07. The monoisotopic (exact) mass is 316 g/mol. The number of ether oxygens (including phenoxy) is 1. The fraction of sp³-hybridized carbons (Fsp3) is 0.0714. The van der Waals surface area contributed by atoms with Crippen LogP contribution in [0.2, 0.25) is 5.02 Å². The van der Waals surface area contributed by atoms with Gasteiger partial charge >= 0.3 is 0 Å². The number of rotatable bonds is 4. The number of methoxy groups -OCH3 is 1. The standard InChI is InChI=1S/C14H9ClN4OS/c1-20-13-3-2-10(4-11(13)15)12-8-21-14(19-12)18-7-9(5-16)6-17/h2-4,7-8H,1H3,(H,18,19). The SMILES string of the molecule is COc1ccc(-c2csc(NC=C(C#N)C#N)n2)cc1Cl. The summed E-state index contributed by atoms with van der Waals surface area (Å²) < 4.78 is 5.10. The highest BCUT2D eigenvalue weighted by molar-refractivity contribution is 7.14. The van der Waals surface area contributed by atoms with E-state index in [0.717, 1.165) is 11.3 Å². The maximum absolute atomic E-state index is 8.64. The van der Waals surface area contributed by atoms with Crippen molar-refractivity contribution < 1.29 is 4.74 Å². The first-order chi connectivity index (χ1) is 10.2. The number of nitriles is 2. The van der Waals surface area contributed by atoms with Crippen molar-refractivity contribution in [2.24, 2.45) is 0 Å². The topological polar surface area (TPSA) is 81.7 Å². The van der Waals surface area contributed by atoms with Crippen molar-refractivity contribution in [3.63, 3.8) is 0 Å². The predicted molar refractivity (Wildman–Crippen MR) is 82.0 cm³/mol. The second-order valence-corrected chi connectivity index (χ2v) is 5.08. The number of hydrogen-bond acceptors (Lipinski definition) is 6. The zero-order chi connectivity index (χ0) is 15.2. The van der Waals surface area contributed by atoms with E-state index >= 15 is 0 Å². The van der Waals surface area contributed by atoms with Crippen LogP contribution in [0.15, 0.2) is 35.4 Å². The van der Waals surface area contributed by atoms with Gasteiger partial charge in [-0.15, -0.1) is 11.3 Å². The number of hydrogen-bond donors (Lipinski definition) is 1. The first-order valence-electron chi connectivity index (χ1n) is 5.74. The molecule has 5 nitrogen and oxygen atoms in total. The molecule has 0 aliphatic rings. The van der Waals surface area contributed by atoms with Gasteiger partial charge in [0.15, 0.2) is 5.13 Å². The van der Waals surface area contributed by atoms with Gasteiger partial charge in [0.25, 0.3) is 0 Å². The Labute approximate surface area is 130 Å². The molecule has 0 bridgehead atoms. The van der Waals surface area contributed by atoms with Gasteiger partial charge in [-0.2, -0.15) is 10.5 Å². The summed E-state index contributed by atoms with van der Waals surface area (Å²) >= 11 is 7.44. The lowest BCUT2D eigenvalue weighted by Gasteiger charge is -2.04. The fourth-order valence-electron chi connectivity index (χ4n) is 1.52. The summed E-state index contributed by atoms with van der Waals surface area (Å²) in [7, 11) is 1.56. The molecule has 21 heavy (non-hydrogen) atoms. The number of benzene rings is 1. The number of nitrogens with one attached hydrogen (secondary N) is 1. The second-order valence-electron chi connectivity index (χ2n) is 3.81. The van der Waals surface area contributed by atoms with E-state index in [2.05, 4.69) is 10.3 Å². The first-order valence-corrected chi connectivity index (χ1v) is 7.00. The predicted octanol–water partition coefficient (Wildman–Crippen LogP) is 3.82. The average Bonchev–Trinajstić information content (AvgIpc) is 2.97. The summed E-state index contributed by atoms with van der Waals surface area (Å²) in [4.78, 5) is 4.36. The first kappa shape index (κ1) is 14.9. The number of anilines is 1. The highest BCUT2D eigenvalue weighted by Crippen LogP contribution is 2.31. The number of halogens is 1. The molecule has 2 aromatic rings. The van der Waals surface area contributed by atoms with E-state index in [1.807, 2.05) is 11.4 Å². The summed E-state index contributed by atoms with van der Waals surface area (Å²) in [6.45, 7) is 0. The van der Waals surface area contributed by atoms with Gasteiger partial charge in [-0.05, 0) is 18.2 Å². The summed E-state index contributed by atoms with van der Waals surface area (Å²) in [6.07, 6.45) is 1.32. The van der Waals surface area contributed by atoms with Crippen molar-refractivity contribution in [2.75, 3.05) is 12.4 Å². The van der Waals surface area contributed by atoms with E-state index in [4.69, 9.17) is 26.9 Å². The lowest BCUT2D eigenvalue weighted by atomic mass is 10.2. The van der Waals surface area contributed by atoms with Crippen molar-refractivity contribution in [3.8, 4) is 29.1 Å². The number of allylic oxidation sites excluding steroid dienone is 1. The van der Waals surface area contributed by atoms with Crippen LogP contribution in [0, 0.1) is 22.7 Å². The quantitative estimate of drug-likeness (QED) is 0.867. The Hall–Kier alpha value is -2.54. The molecule has 0 atom stereocenters. The van der Waals surface area contributed by atoms with Gasteiger partial charge in [-0.25, -0.2) is 4.98 Å². The van der Waals surface area contributed by atoms with Crippen LogP contribution in [-0.2, 0) is 0 Å². The second kappa shape index (κ2) is 6.76. The Kier molecular flexibility index (Phi) is 4.78. The minimum atomic E-state index is -0.0146. The van der Waals surface area contributed by atoms with Gasteiger partial charge in [-0.1, -0.05) is 11.6 Å². The van der Waals surface area contributed by atoms with E-state index in [-0.39, 0.29) is 5.57 Å². The van der Waals surface area contributed by atoms with Crippen LogP contribution in [-0.4, -0.2) is 12.1 Å². The van der Waals surface area contributed by atoms with E-state index in [0.29, 0.717) is 15.9 Å². The molecule has 0 unspecified atom stereocenters. The van der Waals surface area contributed by atoms with Crippen LogP contribution < -0.4 is 10.1 Å². The zero-order valence-electron chi connectivity index (χ0n) is 10.9. The van der Waals surface area contributed by atoms with Crippen molar-refractivity contribution >= 4 is 28.1 Å². The van der Waals surface area contributed by atoms with Gasteiger partial charge in [0.2, 0.25) is 0 Å². The molecule has 1 heterocycles. The van der Waals surface area contributed by atoms with E-state index in [1.54, 1.807) is 31.4 Å². The summed E-state index contributed by atoms with van der Waals surface area (Å²) in [5.41, 5.74) is 1.59. The molecule has 0 saturated heterocycles. The number of nitrogens with zero attached hydrogens (tertiary/aromatic N) is 3. The normalized spacial score (nSPS) is 9.33. The van der Waals surface area contributed by atoms with Crippen molar-refractivity contribution in [1.29, 1.82) is 10.5 Å². The molecule has 0 aliphatic heterocycles. The molecule has 0 radical (unpaired) electrons. The lowest BCUT2D eigenvalue weighted by Crippen LogP contribution is -1.89.